The number of aromatic nitrogens is 4. The summed E-state index contributed by atoms with van der Waals surface area (Å²) in [5.74, 6) is 3.92. The van der Waals surface area contributed by atoms with E-state index in [0.29, 0.717) is 12.5 Å². The van der Waals surface area contributed by atoms with Gasteiger partial charge in [0.05, 0.1) is 5.69 Å². The van der Waals surface area contributed by atoms with E-state index in [-0.39, 0.29) is 0 Å². The van der Waals surface area contributed by atoms with Crippen LogP contribution in [0.25, 0.3) is 0 Å². The van der Waals surface area contributed by atoms with Gasteiger partial charge >= 0.3 is 0 Å². The Morgan fingerprint density at radius 2 is 1.93 bits per heavy atom. The summed E-state index contributed by atoms with van der Waals surface area (Å²) in [5, 5.41) is 13.7. The highest BCUT2D eigenvalue weighted by atomic mass is 32.2. The number of para-hydroxylation sites is 1. The normalized spacial score (nSPS) is 11.3. The second-order valence-corrected chi connectivity index (χ2v) is 7.87. The lowest BCUT2D eigenvalue weighted by atomic mass is 10.1. The van der Waals surface area contributed by atoms with Gasteiger partial charge in [0.15, 0.2) is 11.0 Å². The van der Waals surface area contributed by atoms with Crippen molar-refractivity contribution < 1.29 is 9.26 Å². The minimum absolute atomic E-state index is 0.404. The smallest absolute Gasteiger partial charge is 0.191 e. The molecule has 0 spiro atoms. The summed E-state index contributed by atoms with van der Waals surface area (Å²) in [6.45, 7) is 9.64. The molecule has 7 heteroatoms. The Hall–Kier alpha value is -2.28. The number of nitrogens with zero attached hydrogens (tertiary/aromatic N) is 4. The SMILES string of the molecule is Cc1noc(C)c1CSc1nnc(COc2ccccc2)n1CCC(C)C. The lowest BCUT2D eigenvalue weighted by Gasteiger charge is -2.12. The van der Waals surface area contributed by atoms with Crippen LogP contribution in [-0.2, 0) is 18.9 Å². The molecule has 0 bridgehead atoms. The Bertz CT molecular complexity index is 839. The van der Waals surface area contributed by atoms with Crippen molar-refractivity contribution in [3.63, 3.8) is 0 Å². The summed E-state index contributed by atoms with van der Waals surface area (Å²) in [5.41, 5.74) is 2.06. The molecule has 0 unspecified atom stereocenters. The number of rotatable bonds is 9. The van der Waals surface area contributed by atoms with Crippen molar-refractivity contribution in [1.29, 1.82) is 0 Å². The third-order valence-corrected chi connectivity index (χ3v) is 5.35. The number of hydrogen-bond donors (Lipinski definition) is 0. The van der Waals surface area contributed by atoms with Gasteiger partial charge in [0.25, 0.3) is 0 Å². The maximum atomic E-state index is 5.88. The third-order valence-electron chi connectivity index (χ3n) is 4.36. The van der Waals surface area contributed by atoms with Crippen LogP contribution in [0.3, 0.4) is 0 Å². The highest BCUT2D eigenvalue weighted by Crippen LogP contribution is 2.26. The molecule has 2 heterocycles. The summed E-state index contributed by atoms with van der Waals surface area (Å²) in [6.07, 6.45) is 1.06. The largest absolute Gasteiger partial charge is 0.486 e. The van der Waals surface area contributed by atoms with E-state index >= 15 is 0 Å². The maximum Gasteiger partial charge on any atom is 0.191 e. The van der Waals surface area contributed by atoms with Gasteiger partial charge in [0.1, 0.15) is 18.1 Å². The van der Waals surface area contributed by atoms with E-state index in [1.807, 2.05) is 44.2 Å². The van der Waals surface area contributed by atoms with Crippen LogP contribution >= 0.6 is 11.8 Å². The van der Waals surface area contributed by atoms with Crippen LogP contribution in [0.1, 0.15) is 43.1 Å². The molecule has 2 aromatic heterocycles. The van der Waals surface area contributed by atoms with Crippen LogP contribution < -0.4 is 4.74 Å². The number of ether oxygens (including phenoxy) is 1. The second kappa shape index (κ2) is 9.08. The first kappa shape index (κ1) is 19.5. The highest BCUT2D eigenvalue weighted by Gasteiger charge is 2.16. The molecule has 0 fully saturated rings. The molecule has 0 saturated carbocycles. The predicted molar refractivity (Wildman–Crippen MR) is 106 cm³/mol. The first-order chi connectivity index (χ1) is 13.0. The summed E-state index contributed by atoms with van der Waals surface area (Å²) < 4.78 is 13.3. The Kier molecular flexibility index (Phi) is 6.55. The molecule has 3 rings (SSSR count). The van der Waals surface area contributed by atoms with Crippen molar-refractivity contribution in [2.24, 2.45) is 5.92 Å². The Morgan fingerprint density at radius 1 is 1.15 bits per heavy atom. The van der Waals surface area contributed by atoms with Crippen LogP contribution in [-0.4, -0.2) is 19.9 Å². The second-order valence-electron chi connectivity index (χ2n) is 6.93. The van der Waals surface area contributed by atoms with Crippen molar-refractivity contribution in [2.45, 2.75) is 58.2 Å². The van der Waals surface area contributed by atoms with Crippen molar-refractivity contribution >= 4 is 11.8 Å². The zero-order valence-corrected chi connectivity index (χ0v) is 17.1. The zero-order valence-electron chi connectivity index (χ0n) is 16.3. The van der Waals surface area contributed by atoms with Crippen LogP contribution in [0.5, 0.6) is 5.75 Å². The van der Waals surface area contributed by atoms with Crippen LogP contribution in [0.2, 0.25) is 0 Å². The van der Waals surface area contributed by atoms with Gasteiger partial charge in [-0.2, -0.15) is 0 Å². The molecule has 0 aliphatic heterocycles. The molecule has 144 valence electrons. The molecule has 6 nitrogen and oxygen atoms in total. The number of benzene rings is 1. The molecular weight excluding hydrogens is 360 g/mol. The highest BCUT2D eigenvalue weighted by molar-refractivity contribution is 7.98. The van der Waals surface area contributed by atoms with Gasteiger partial charge in [-0.05, 0) is 38.3 Å². The van der Waals surface area contributed by atoms with Gasteiger partial charge in [-0.3, -0.25) is 0 Å². The topological polar surface area (TPSA) is 66.0 Å². The van der Waals surface area contributed by atoms with E-state index in [0.717, 1.165) is 52.5 Å². The Labute approximate surface area is 164 Å². The van der Waals surface area contributed by atoms with E-state index in [4.69, 9.17) is 9.26 Å². The average Bonchev–Trinajstić information content (AvgIpc) is 3.20. The summed E-state index contributed by atoms with van der Waals surface area (Å²) in [7, 11) is 0. The predicted octanol–water partition coefficient (Wildman–Crippen LogP) is 4.80. The fourth-order valence-corrected chi connectivity index (χ4v) is 3.79. The lowest BCUT2D eigenvalue weighted by molar-refractivity contribution is 0.285. The Balaban J connectivity index is 1.73. The fourth-order valence-electron chi connectivity index (χ4n) is 2.65. The molecule has 0 aliphatic carbocycles. The molecule has 0 amide bonds. The van der Waals surface area contributed by atoms with E-state index in [1.165, 1.54) is 0 Å². The monoisotopic (exact) mass is 386 g/mol. The quantitative estimate of drug-likeness (QED) is 0.492. The standard InChI is InChI=1S/C20H26N4O2S/c1-14(2)10-11-24-19(12-25-17-8-6-5-7-9-17)21-22-20(24)27-13-18-15(3)23-26-16(18)4/h5-9,14H,10-13H2,1-4H3. The van der Waals surface area contributed by atoms with Gasteiger partial charge in [0.2, 0.25) is 0 Å². The minimum atomic E-state index is 0.404. The first-order valence-corrected chi connectivity index (χ1v) is 10.2. The van der Waals surface area contributed by atoms with E-state index in [9.17, 15) is 0 Å². The minimum Gasteiger partial charge on any atom is -0.486 e. The number of aryl methyl sites for hydroxylation is 2. The van der Waals surface area contributed by atoms with Crippen molar-refractivity contribution in [2.75, 3.05) is 0 Å². The van der Waals surface area contributed by atoms with Crippen molar-refractivity contribution in [3.8, 4) is 5.75 Å². The molecule has 1 aromatic carbocycles. The molecule has 0 aliphatic rings. The Morgan fingerprint density at radius 3 is 2.59 bits per heavy atom. The van der Waals surface area contributed by atoms with Crippen molar-refractivity contribution in [1.82, 2.24) is 19.9 Å². The molecule has 3 aromatic rings. The van der Waals surface area contributed by atoms with Crippen LogP contribution in [0.4, 0.5) is 0 Å². The molecule has 0 N–H and O–H groups in total. The maximum absolute atomic E-state index is 5.88. The summed E-state index contributed by atoms with van der Waals surface area (Å²) >= 11 is 1.66. The van der Waals surface area contributed by atoms with Crippen molar-refractivity contribution in [3.05, 3.63) is 53.2 Å². The first-order valence-electron chi connectivity index (χ1n) is 9.19. The van der Waals surface area contributed by atoms with E-state index in [2.05, 4.69) is 33.8 Å². The zero-order chi connectivity index (χ0) is 19.2. The fraction of sp³-hybridized carbons (Fsp3) is 0.450. The molecule has 0 atom stereocenters. The lowest BCUT2D eigenvalue weighted by Crippen LogP contribution is -2.10. The summed E-state index contributed by atoms with van der Waals surface area (Å²) in [6, 6.07) is 9.79. The number of hydrogen-bond acceptors (Lipinski definition) is 6. The van der Waals surface area contributed by atoms with Gasteiger partial charge in [0, 0.05) is 17.9 Å². The number of thioether (sulfide) groups is 1. The molecule has 27 heavy (non-hydrogen) atoms. The van der Waals surface area contributed by atoms with Crippen LogP contribution in [0.15, 0.2) is 40.0 Å². The molecular formula is C20H26N4O2S. The van der Waals surface area contributed by atoms with Gasteiger partial charge in [-0.1, -0.05) is 49.0 Å². The van der Waals surface area contributed by atoms with E-state index in [1.54, 1.807) is 11.8 Å². The van der Waals surface area contributed by atoms with Gasteiger partial charge in [-0.25, -0.2) is 0 Å². The third kappa shape index (κ3) is 5.13. The molecule has 0 saturated heterocycles. The molecule has 0 radical (unpaired) electrons. The van der Waals surface area contributed by atoms with Crippen LogP contribution in [0, 0.1) is 19.8 Å². The average molecular weight is 387 g/mol. The van der Waals surface area contributed by atoms with Gasteiger partial charge in [-0.15, -0.1) is 10.2 Å². The van der Waals surface area contributed by atoms with E-state index < -0.39 is 0 Å². The summed E-state index contributed by atoms with van der Waals surface area (Å²) in [4.78, 5) is 0. The van der Waals surface area contributed by atoms with Gasteiger partial charge < -0.3 is 13.8 Å².